The lowest BCUT2D eigenvalue weighted by molar-refractivity contribution is -0.142. The maximum atomic E-state index is 12.8. The Labute approximate surface area is 172 Å². The Kier molecular flexibility index (Phi) is 6.01. The van der Waals surface area contributed by atoms with Crippen molar-refractivity contribution in [3.05, 3.63) is 18.2 Å². The number of piperidine rings is 1. The van der Waals surface area contributed by atoms with E-state index in [0.29, 0.717) is 17.4 Å². The molecule has 1 unspecified atom stereocenters. The number of nitrogens with zero attached hydrogens (tertiary/aromatic N) is 1. The number of sulfonamides is 1. The third kappa shape index (κ3) is 4.69. The van der Waals surface area contributed by atoms with Crippen LogP contribution in [0.3, 0.4) is 0 Å². The molecule has 0 spiro atoms. The van der Waals surface area contributed by atoms with Crippen LogP contribution < -0.4 is 14.2 Å². The first kappa shape index (κ1) is 20.5. The summed E-state index contributed by atoms with van der Waals surface area (Å²) >= 11 is 0. The van der Waals surface area contributed by atoms with Crippen LogP contribution in [0.15, 0.2) is 23.1 Å². The fourth-order valence-electron chi connectivity index (χ4n) is 4.32. The molecular formula is C21H30N2O5S. The highest BCUT2D eigenvalue weighted by Gasteiger charge is 2.33. The van der Waals surface area contributed by atoms with Gasteiger partial charge in [-0.3, -0.25) is 4.79 Å². The van der Waals surface area contributed by atoms with Gasteiger partial charge in [0.15, 0.2) is 11.5 Å². The number of nitrogens with one attached hydrogen (secondary N) is 1. The number of fused-ring (bicyclic) bond motifs is 1. The van der Waals surface area contributed by atoms with Gasteiger partial charge in [-0.2, -0.15) is 0 Å². The monoisotopic (exact) mass is 422 g/mol. The van der Waals surface area contributed by atoms with Crippen LogP contribution in [0, 0.1) is 5.92 Å². The second-order valence-electron chi connectivity index (χ2n) is 8.49. The lowest BCUT2D eigenvalue weighted by Gasteiger charge is -2.32. The third-order valence-corrected chi connectivity index (χ3v) is 7.68. The van der Waals surface area contributed by atoms with Gasteiger partial charge in [0.2, 0.25) is 16.1 Å². The minimum atomic E-state index is -3.62. The van der Waals surface area contributed by atoms with E-state index in [1.54, 1.807) is 6.07 Å². The van der Waals surface area contributed by atoms with Gasteiger partial charge in [0, 0.05) is 25.2 Å². The summed E-state index contributed by atoms with van der Waals surface area (Å²) in [5.74, 6) is 1.38. The predicted molar refractivity (Wildman–Crippen MR) is 109 cm³/mol. The molecule has 1 aromatic carbocycles. The van der Waals surface area contributed by atoms with Crippen molar-refractivity contribution in [2.24, 2.45) is 5.92 Å². The highest BCUT2D eigenvalue weighted by Crippen LogP contribution is 2.35. The molecule has 160 valence electrons. The van der Waals surface area contributed by atoms with Crippen LogP contribution in [0.1, 0.15) is 51.9 Å². The zero-order chi connectivity index (χ0) is 20.4. The molecule has 8 heteroatoms. The molecule has 7 nitrogen and oxygen atoms in total. The van der Waals surface area contributed by atoms with Crippen LogP contribution in [0.5, 0.6) is 11.5 Å². The van der Waals surface area contributed by atoms with Crippen molar-refractivity contribution >= 4 is 15.9 Å². The minimum absolute atomic E-state index is 0.0176. The van der Waals surface area contributed by atoms with Crippen LogP contribution >= 0.6 is 0 Å². The molecule has 0 bridgehead atoms. The van der Waals surface area contributed by atoms with Crippen LogP contribution in [-0.4, -0.2) is 51.1 Å². The number of hydrogen-bond donors (Lipinski definition) is 1. The smallest absolute Gasteiger partial charge is 0.267 e. The van der Waals surface area contributed by atoms with Gasteiger partial charge < -0.3 is 14.4 Å². The van der Waals surface area contributed by atoms with Crippen LogP contribution in [-0.2, 0) is 14.8 Å². The molecule has 0 radical (unpaired) electrons. The predicted octanol–water partition coefficient (Wildman–Crippen LogP) is 2.70. The molecule has 2 aliphatic heterocycles. The van der Waals surface area contributed by atoms with E-state index in [0.717, 1.165) is 58.0 Å². The summed E-state index contributed by atoms with van der Waals surface area (Å²) < 4.78 is 39.9. The molecule has 1 N–H and O–H groups in total. The first-order valence-electron chi connectivity index (χ1n) is 10.7. The van der Waals surface area contributed by atoms with E-state index in [1.165, 1.54) is 12.1 Å². The molecule has 4 rings (SSSR count). The van der Waals surface area contributed by atoms with Gasteiger partial charge >= 0.3 is 0 Å². The number of likely N-dealkylation sites (tertiary alicyclic amines) is 1. The second-order valence-corrected chi connectivity index (χ2v) is 10.2. The van der Waals surface area contributed by atoms with Gasteiger partial charge in [0.1, 0.15) is 6.61 Å². The largest absolute Gasteiger partial charge is 0.485 e. The summed E-state index contributed by atoms with van der Waals surface area (Å²) in [4.78, 5) is 14.6. The Bertz CT molecular complexity index is 843. The van der Waals surface area contributed by atoms with Crippen molar-refractivity contribution in [1.82, 2.24) is 9.62 Å². The van der Waals surface area contributed by atoms with Gasteiger partial charge in [0.05, 0.1) is 4.90 Å². The Morgan fingerprint density at radius 3 is 2.52 bits per heavy atom. The highest BCUT2D eigenvalue weighted by atomic mass is 32.2. The molecule has 2 heterocycles. The lowest BCUT2D eigenvalue weighted by Crippen LogP contribution is -2.48. The summed E-state index contributed by atoms with van der Waals surface area (Å²) in [6.07, 6.45) is 6.33. The van der Waals surface area contributed by atoms with Crippen molar-refractivity contribution in [2.75, 3.05) is 19.7 Å². The summed E-state index contributed by atoms with van der Waals surface area (Å²) in [5.41, 5.74) is 0. The van der Waals surface area contributed by atoms with Gasteiger partial charge in [-0.05, 0) is 63.0 Å². The maximum absolute atomic E-state index is 12.8. The van der Waals surface area contributed by atoms with Gasteiger partial charge in [-0.1, -0.05) is 6.92 Å². The third-order valence-electron chi connectivity index (χ3n) is 6.17. The number of hydrogen-bond acceptors (Lipinski definition) is 5. The molecule has 29 heavy (non-hydrogen) atoms. The van der Waals surface area contributed by atoms with Gasteiger partial charge in [0.25, 0.3) is 5.91 Å². The van der Waals surface area contributed by atoms with Crippen LogP contribution in [0.2, 0.25) is 0 Å². The van der Waals surface area contributed by atoms with Gasteiger partial charge in [-0.25, -0.2) is 13.1 Å². The Morgan fingerprint density at radius 1 is 1.07 bits per heavy atom. The van der Waals surface area contributed by atoms with Crippen molar-refractivity contribution in [2.45, 2.75) is 68.9 Å². The molecule has 0 aromatic heterocycles. The zero-order valence-electron chi connectivity index (χ0n) is 16.9. The van der Waals surface area contributed by atoms with E-state index in [2.05, 4.69) is 11.6 Å². The normalized spacial score (nSPS) is 27.5. The molecule has 1 saturated carbocycles. The van der Waals surface area contributed by atoms with E-state index in [1.807, 2.05) is 4.90 Å². The molecule has 2 fully saturated rings. The first-order chi connectivity index (χ1) is 13.9. The molecule has 3 aliphatic rings. The van der Waals surface area contributed by atoms with Crippen molar-refractivity contribution in [3.63, 3.8) is 0 Å². The molecule has 1 aromatic rings. The molecular weight excluding hydrogens is 392 g/mol. The van der Waals surface area contributed by atoms with E-state index >= 15 is 0 Å². The number of carbonyl (C=O) groups excluding carboxylic acids is 1. The zero-order valence-corrected chi connectivity index (χ0v) is 17.7. The second kappa shape index (κ2) is 8.52. The molecule has 1 aliphatic carbocycles. The van der Waals surface area contributed by atoms with Crippen molar-refractivity contribution in [1.29, 1.82) is 0 Å². The minimum Gasteiger partial charge on any atom is -0.485 e. The van der Waals surface area contributed by atoms with Gasteiger partial charge in [-0.15, -0.1) is 0 Å². The fourth-order valence-corrected chi connectivity index (χ4v) is 5.64. The molecule has 1 saturated heterocycles. The quantitative estimate of drug-likeness (QED) is 0.806. The first-order valence-corrected chi connectivity index (χ1v) is 12.2. The van der Waals surface area contributed by atoms with E-state index in [-0.39, 0.29) is 23.5 Å². The van der Waals surface area contributed by atoms with Crippen molar-refractivity contribution < 1.29 is 22.7 Å². The number of ether oxygens (including phenoxy) is 2. The summed E-state index contributed by atoms with van der Waals surface area (Å²) in [6.45, 7) is 3.82. The van der Waals surface area contributed by atoms with E-state index < -0.39 is 16.1 Å². The SMILES string of the molecule is CC1CCC(NS(=O)(=O)c2ccc3c(c2)OCC(C(=O)N2CCCCC2)O3)CC1. The Morgan fingerprint density at radius 2 is 1.79 bits per heavy atom. The van der Waals surface area contributed by atoms with Crippen molar-refractivity contribution in [3.8, 4) is 11.5 Å². The fraction of sp³-hybridized carbons (Fsp3) is 0.667. The lowest BCUT2D eigenvalue weighted by atomic mass is 9.88. The summed E-state index contributed by atoms with van der Waals surface area (Å²) in [7, 11) is -3.62. The summed E-state index contributed by atoms with van der Waals surface area (Å²) in [5, 5.41) is 0. The summed E-state index contributed by atoms with van der Waals surface area (Å²) in [6, 6.07) is 4.58. The van der Waals surface area contributed by atoms with E-state index in [4.69, 9.17) is 9.47 Å². The average molecular weight is 423 g/mol. The highest BCUT2D eigenvalue weighted by molar-refractivity contribution is 7.89. The number of carbonyl (C=O) groups is 1. The number of amides is 1. The maximum Gasteiger partial charge on any atom is 0.267 e. The average Bonchev–Trinajstić information content (AvgIpc) is 2.74. The standard InChI is InChI=1S/C21H30N2O5S/c1-15-5-7-16(8-6-15)22-29(25,26)17-9-10-18-19(13-17)27-14-20(28-18)21(24)23-11-3-2-4-12-23/h9-10,13,15-16,20,22H,2-8,11-12,14H2,1H3. The molecule has 1 atom stereocenters. The van der Waals surface area contributed by atoms with Crippen LogP contribution in [0.4, 0.5) is 0 Å². The Balaban J connectivity index is 1.42. The Hall–Kier alpha value is -1.80. The topological polar surface area (TPSA) is 84.9 Å². The number of rotatable bonds is 4. The van der Waals surface area contributed by atoms with E-state index in [9.17, 15) is 13.2 Å². The van der Waals surface area contributed by atoms with Crippen LogP contribution in [0.25, 0.3) is 0 Å². The number of benzene rings is 1. The molecule has 1 amide bonds.